The van der Waals surface area contributed by atoms with Gasteiger partial charge in [0.2, 0.25) is 0 Å². The molecule has 0 fully saturated rings. The molecule has 0 bridgehead atoms. The van der Waals surface area contributed by atoms with Gasteiger partial charge in [0, 0.05) is 7.05 Å². The highest BCUT2D eigenvalue weighted by molar-refractivity contribution is 7.00. The van der Waals surface area contributed by atoms with Crippen LogP contribution in [-0.4, -0.2) is 20.8 Å². The van der Waals surface area contributed by atoms with Crippen molar-refractivity contribution in [1.82, 2.24) is 13.7 Å². The Morgan fingerprint density at radius 1 is 1.11 bits per heavy atom. The highest BCUT2D eigenvalue weighted by atomic mass is 35.5. The molecule has 1 aromatic carbocycles. The summed E-state index contributed by atoms with van der Waals surface area (Å²) < 4.78 is 8.45. The zero-order valence-corrected chi connectivity index (χ0v) is 11.6. The number of nitrogens with zero attached hydrogens (tertiary/aromatic N) is 3. The highest BCUT2D eigenvalue weighted by Crippen LogP contribution is 2.32. The van der Waals surface area contributed by atoms with Crippen LogP contribution in [0.1, 0.15) is 0 Å². The van der Waals surface area contributed by atoms with E-state index in [0.29, 0.717) is 10.8 Å². The lowest BCUT2D eigenvalue weighted by Crippen LogP contribution is -1.98. The Morgan fingerprint density at radius 3 is 2.79 bits per heavy atom. The van der Waals surface area contributed by atoms with Crippen molar-refractivity contribution in [2.24, 2.45) is 0 Å². The summed E-state index contributed by atoms with van der Waals surface area (Å²) in [4.78, 5) is 4.39. The van der Waals surface area contributed by atoms with Crippen molar-refractivity contribution in [2.75, 3.05) is 17.7 Å². The van der Waals surface area contributed by atoms with Gasteiger partial charge in [-0.2, -0.15) is 8.75 Å². The summed E-state index contributed by atoms with van der Waals surface area (Å²) in [5.41, 5.74) is 2.31. The predicted octanol–water partition coefficient (Wildman–Crippen LogP) is 3.53. The number of fused-ring (bicyclic) bond motifs is 1. The molecule has 0 aliphatic rings. The molecule has 0 radical (unpaired) electrons. The number of hydrogen-bond donors (Lipinski definition) is 2. The van der Waals surface area contributed by atoms with Crippen LogP contribution in [-0.2, 0) is 0 Å². The summed E-state index contributed by atoms with van der Waals surface area (Å²) in [6, 6.07) is 9.32. The summed E-state index contributed by atoms with van der Waals surface area (Å²) in [7, 11) is 1.82. The van der Waals surface area contributed by atoms with Gasteiger partial charge < -0.3 is 10.6 Å². The van der Waals surface area contributed by atoms with Gasteiger partial charge in [-0.3, -0.25) is 0 Å². The van der Waals surface area contributed by atoms with Crippen LogP contribution in [0.4, 0.5) is 17.3 Å². The predicted molar refractivity (Wildman–Crippen MR) is 79.5 cm³/mol. The van der Waals surface area contributed by atoms with Crippen molar-refractivity contribution >= 4 is 51.7 Å². The summed E-state index contributed by atoms with van der Waals surface area (Å²) in [6.45, 7) is 0. The standard InChI is InChI=1S/C12H10ClN5S/c1-14-9-3-2-4-10(15-9)16-11-7(13)5-6-8-12(11)18-19-17-8/h2-6H,1H3,(H2,14,15,16). The number of nitrogens with one attached hydrogen (secondary N) is 2. The topological polar surface area (TPSA) is 62.7 Å². The van der Waals surface area contributed by atoms with E-state index in [2.05, 4.69) is 24.4 Å². The minimum Gasteiger partial charge on any atom is -0.373 e. The first-order valence-electron chi connectivity index (χ1n) is 5.60. The van der Waals surface area contributed by atoms with Gasteiger partial charge in [-0.15, -0.1) is 0 Å². The van der Waals surface area contributed by atoms with E-state index in [1.54, 1.807) is 6.07 Å². The van der Waals surface area contributed by atoms with Crippen LogP contribution >= 0.6 is 23.3 Å². The zero-order valence-electron chi connectivity index (χ0n) is 10.0. The maximum Gasteiger partial charge on any atom is 0.132 e. The second-order valence-electron chi connectivity index (χ2n) is 3.84. The van der Waals surface area contributed by atoms with E-state index in [1.807, 2.05) is 31.3 Å². The van der Waals surface area contributed by atoms with E-state index in [1.165, 1.54) is 0 Å². The van der Waals surface area contributed by atoms with Crippen molar-refractivity contribution in [3.8, 4) is 0 Å². The van der Waals surface area contributed by atoms with Crippen LogP contribution in [0.2, 0.25) is 5.02 Å². The molecule has 3 rings (SSSR count). The smallest absolute Gasteiger partial charge is 0.132 e. The van der Waals surface area contributed by atoms with Crippen molar-refractivity contribution in [1.29, 1.82) is 0 Å². The van der Waals surface area contributed by atoms with Crippen LogP contribution < -0.4 is 10.6 Å². The Hall–Kier alpha value is -1.92. The Balaban J connectivity index is 2.04. The number of anilines is 3. The quantitative estimate of drug-likeness (QED) is 0.773. The normalized spacial score (nSPS) is 10.6. The molecule has 2 N–H and O–H groups in total. The van der Waals surface area contributed by atoms with Crippen molar-refractivity contribution in [2.45, 2.75) is 0 Å². The molecule has 0 amide bonds. The van der Waals surface area contributed by atoms with Crippen molar-refractivity contribution in [3.05, 3.63) is 35.4 Å². The van der Waals surface area contributed by atoms with Gasteiger partial charge in [-0.25, -0.2) is 4.98 Å². The highest BCUT2D eigenvalue weighted by Gasteiger charge is 2.10. The number of hydrogen-bond acceptors (Lipinski definition) is 6. The van der Waals surface area contributed by atoms with Gasteiger partial charge in [0.15, 0.2) is 0 Å². The van der Waals surface area contributed by atoms with Crippen molar-refractivity contribution < 1.29 is 0 Å². The molecule has 5 nitrogen and oxygen atoms in total. The number of rotatable bonds is 3. The Bertz CT molecular complexity index is 727. The third-order valence-corrected chi connectivity index (χ3v) is 3.49. The first-order chi connectivity index (χ1) is 9.28. The lowest BCUT2D eigenvalue weighted by Gasteiger charge is -2.09. The third kappa shape index (κ3) is 2.32. The second-order valence-corrected chi connectivity index (χ2v) is 4.77. The molecule has 0 unspecified atom stereocenters. The Labute approximate surface area is 119 Å². The maximum absolute atomic E-state index is 6.21. The van der Waals surface area contributed by atoms with Gasteiger partial charge in [-0.05, 0) is 24.3 Å². The van der Waals surface area contributed by atoms with E-state index in [0.717, 1.165) is 34.3 Å². The lowest BCUT2D eigenvalue weighted by atomic mass is 10.2. The van der Waals surface area contributed by atoms with Crippen molar-refractivity contribution in [3.63, 3.8) is 0 Å². The Kier molecular flexibility index (Phi) is 3.18. The molecule has 19 heavy (non-hydrogen) atoms. The van der Waals surface area contributed by atoms with E-state index in [9.17, 15) is 0 Å². The zero-order chi connectivity index (χ0) is 13.2. The SMILES string of the molecule is CNc1cccc(Nc2c(Cl)ccc3nsnc23)n1. The number of halogens is 1. The van der Waals surface area contributed by atoms with E-state index in [-0.39, 0.29) is 0 Å². The molecule has 0 aliphatic carbocycles. The number of pyridine rings is 1. The average Bonchev–Trinajstić information content (AvgIpc) is 2.91. The van der Waals surface area contributed by atoms with Gasteiger partial charge in [0.25, 0.3) is 0 Å². The summed E-state index contributed by atoms with van der Waals surface area (Å²) >= 11 is 7.38. The van der Waals surface area contributed by atoms with E-state index < -0.39 is 0 Å². The van der Waals surface area contributed by atoms with E-state index >= 15 is 0 Å². The van der Waals surface area contributed by atoms with Gasteiger partial charge in [0.05, 0.1) is 22.4 Å². The molecule has 0 spiro atoms. The largest absolute Gasteiger partial charge is 0.373 e. The molecule has 2 heterocycles. The first kappa shape index (κ1) is 12.1. The van der Waals surface area contributed by atoms with Gasteiger partial charge >= 0.3 is 0 Å². The van der Waals surface area contributed by atoms with Gasteiger partial charge in [0.1, 0.15) is 22.7 Å². The maximum atomic E-state index is 6.21. The van der Waals surface area contributed by atoms with Crippen LogP contribution in [0, 0.1) is 0 Å². The lowest BCUT2D eigenvalue weighted by molar-refractivity contribution is 1.28. The summed E-state index contributed by atoms with van der Waals surface area (Å²) in [5.74, 6) is 1.49. The summed E-state index contributed by atoms with van der Waals surface area (Å²) in [5, 5.41) is 6.78. The van der Waals surface area contributed by atoms with Crippen LogP contribution in [0.3, 0.4) is 0 Å². The number of aromatic nitrogens is 3. The molecule has 0 saturated carbocycles. The molecule has 0 aliphatic heterocycles. The van der Waals surface area contributed by atoms with Crippen LogP contribution in [0.15, 0.2) is 30.3 Å². The first-order valence-corrected chi connectivity index (χ1v) is 6.71. The average molecular weight is 292 g/mol. The Morgan fingerprint density at radius 2 is 1.95 bits per heavy atom. The molecule has 0 saturated heterocycles. The molecular formula is C12H10ClN5S. The monoisotopic (exact) mass is 291 g/mol. The molecule has 0 atom stereocenters. The minimum atomic E-state index is 0.594. The second kappa shape index (κ2) is 4.99. The fraction of sp³-hybridized carbons (Fsp3) is 0.0833. The van der Waals surface area contributed by atoms with Crippen LogP contribution in [0.5, 0.6) is 0 Å². The number of benzene rings is 1. The molecule has 2 aromatic heterocycles. The fourth-order valence-corrected chi connectivity index (χ4v) is 2.46. The van der Waals surface area contributed by atoms with Gasteiger partial charge in [-0.1, -0.05) is 17.7 Å². The third-order valence-electron chi connectivity index (χ3n) is 2.64. The molecule has 7 heteroatoms. The molecule has 3 aromatic rings. The molecular weight excluding hydrogens is 282 g/mol. The molecule has 96 valence electrons. The summed E-state index contributed by atoms with van der Waals surface area (Å²) in [6.07, 6.45) is 0. The minimum absolute atomic E-state index is 0.594. The van der Waals surface area contributed by atoms with E-state index in [4.69, 9.17) is 11.6 Å². The van der Waals surface area contributed by atoms with Crippen LogP contribution in [0.25, 0.3) is 11.0 Å². The fourth-order valence-electron chi connectivity index (χ4n) is 1.72.